The molecule has 10 heteroatoms. The maximum Gasteiger partial charge on any atom is 0.306 e. The van der Waals surface area contributed by atoms with E-state index in [1.54, 1.807) is 0 Å². The first-order valence-electron chi connectivity index (χ1n) is 23.6. The average Bonchev–Trinajstić information content (AvgIpc) is 3.22. The number of carbonyl (C=O) groups excluding carboxylic acids is 2. The van der Waals surface area contributed by atoms with E-state index in [4.69, 9.17) is 18.9 Å². The third kappa shape index (κ3) is 30.0. The molecule has 1 saturated heterocycles. The zero-order chi connectivity index (χ0) is 42.3. The number of esters is 2. The molecule has 10 nitrogen and oxygen atoms in total. The van der Waals surface area contributed by atoms with Crippen molar-refractivity contribution < 1.29 is 49.0 Å². The van der Waals surface area contributed by atoms with E-state index < -0.39 is 49.4 Å². The van der Waals surface area contributed by atoms with Crippen LogP contribution in [0, 0.1) is 0 Å². The van der Waals surface area contributed by atoms with Crippen molar-refractivity contribution in [3.63, 3.8) is 0 Å². The molecule has 1 rings (SSSR count). The molecule has 0 aromatic heterocycles. The van der Waals surface area contributed by atoms with Gasteiger partial charge in [-0.2, -0.15) is 0 Å². The fourth-order valence-corrected chi connectivity index (χ4v) is 6.98. The van der Waals surface area contributed by atoms with E-state index in [2.05, 4.69) is 50.3 Å². The summed E-state index contributed by atoms with van der Waals surface area (Å²) < 4.78 is 22.2. The summed E-state index contributed by atoms with van der Waals surface area (Å²) in [5.74, 6) is -0.824. The van der Waals surface area contributed by atoms with Crippen molar-refractivity contribution in [1.82, 2.24) is 0 Å². The van der Waals surface area contributed by atoms with E-state index in [0.29, 0.717) is 6.42 Å². The molecule has 6 atom stereocenters. The summed E-state index contributed by atoms with van der Waals surface area (Å²) in [7, 11) is 0. The van der Waals surface area contributed by atoms with Gasteiger partial charge in [0.2, 0.25) is 0 Å². The van der Waals surface area contributed by atoms with Crippen molar-refractivity contribution in [2.24, 2.45) is 0 Å². The van der Waals surface area contributed by atoms with E-state index >= 15 is 0 Å². The second-order valence-electron chi connectivity index (χ2n) is 16.2. The van der Waals surface area contributed by atoms with Crippen LogP contribution in [-0.2, 0) is 28.5 Å². The number of aliphatic hydroxyl groups excluding tert-OH is 4. The van der Waals surface area contributed by atoms with Crippen LogP contribution in [0.15, 0.2) is 36.5 Å². The first kappa shape index (κ1) is 53.9. The van der Waals surface area contributed by atoms with Crippen LogP contribution in [0.5, 0.6) is 0 Å². The minimum atomic E-state index is -1.60. The molecule has 0 aromatic rings. The van der Waals surface area contributed by atoms with Crippen LogP contribution in [0.1, 0.15) is 200 Å². The normalized spacial score (nSPS) is 20.4. The summed E-state index contributed by atoms with van der Waals surface area (Å²) in [6.07, 6.45) is 37.2. The Morgan fingerprint density at radius 3 is 1.48 bits per heavy atom. The van der Waals surface area contributed by atoms with Gasteiger partial charge in [-0.1, -0.05) is 153 Å². The molecule has 0 amide bonds. The lowest BCUT2D eigenvalue weighted by atomic mass is 9.99. The van der Waals surface area contributed by atoms with E-state index in [0.717, 1.165) is 77.0 Å². The highest BCUT2D eigenvalue weighted by Gasteiger charge is 2.44. The van der Waals surface area contributed by atoms with E-state index in [1.807, 2.05) is 0 Å². The van der Waals surface area contributed by atoms with Crippen LogP contribution in [-0.4, -0.2) is 89.0 Å². The Bertz CT molecular complexity index is 1040. The zero-order valence-electron chi connectivity index (χ0n) is 36.8. The maximum atomic E-state index is 12.8. The molecule has 1 aliphatic heterocycles. The van der Waals surface area contributed by atoms with Gasteiger partial charge in [0.15, 0.2) is 12.4 Å². The SMILES string of the molecule is CCCCC/C=C\C/C=C\CCCCCCCC(=O)OC(COC(=O)CCCCCCCCC/C=C\CCCCCCCCC)COC1OC(CO)C(O)C(O)C1O. The summed E-state index contributed by atoms with van der Waals surface area (Å²) in [5.41, 5.74) is 0. The molecule has 0 aliphatic carbocycles. The number of hydrogen-bond acceptors (Lipinski definition) is 10. The number of hydrogen-bond donors (Lipinski definition) is 4. The van der Waals surface area contributed by atoms with Gasteiger partial charge in [0, 0.05) is 12.8 Å². The van der Waals surface area contributed by atoms with Gasteiger partial charge < -0.3 is 39.4 Å². The van der Waals surface area contributed by atoms with Crippen molar-refractivity contribution >= 4 is 11.9 Å². The molecule has 6 unspecified atom stereocenters. The first-order valence-corrected chi connectivity index (χ1v) is 23.6. The fourth-order valence-electron chi connectivity index (χ4n) is 6.98. The van der Waals surface area contributed by atoms with E-state index in [9.17, 15) is 30.0 Å². The molecule has 0 saturated carbocycles. The van der Waals surface area contributed by atoms with Crippen LogP contribution in [0.25, 0.3) is 0 Å². The van der Waals surface area contributed by atoms with Gasteiger partial charge in [0.05, 0.1) is 13.2 Å². The molecule has 0 bridgehead atoms. The van der Waals surface area contributed by atoms with Crippen LogP contribution in [0.4, 0.5) is 0 Å². The largest absolute Gasteiger partial charge is 0.462 e. The van der Waals surface area contributed by atoms with Crippen LogP contribution in [0.3, 0.4) is 0 Å². The van der Waals surface area contributed by atoms with Gasteiger partial charge in [-0.15, -0.1) is 0 Å². The summed E-state index contributed by atoms with van der Waals surface area (Å²) in [6.45, 7) is 3.38. The molecule has 338 valence electrons. The van der Waals surface area contributed by atoms with Gasteiger partial charge in [-0.05, 0) is 70.6 Å². The monoisotopic (exact) mass is 823 g/mol. The second-order valence-corrected chi connectivity index (χ2v) is 16.2. The van der Waals surface area contributed by atoms with Crippen molar-refractivity contribution in [3.05, 3.63) is 36.5 Å². The Balaban J connectivity index is 2.31. The highest BCUT2D eigenvalue weighted by molar-refractivity contribution is 5.70. The topological polar surface area (TPSA) is 152 Å². The minimum absolute atomic E-state index is 0.213. The predicted molar refractivity (Wildman–Crippen MR) is 233 cm³/mol. The van der Waals surface area contributed by atoms with Crippen LogP contribution in [0.2, 0.25) is 0 Å². The van der Waals surface area contributed by atoms with Crippen LogP contribution >= 0.6 is 0 Å². The van der Waals surface area contributed by atoms with Crippen LogP contribution < -0.4 is 0 Å². The smallest absolute Gasteiger partial charge is 0.306 e. The number of carbonyl (C=O) groups is 2. The maximum absolute atomic E-state index is 12.8. The lowest BCUT2D eigenvalue weighted by Crippen LogP contribution is -2.59. The van der Waals surface area contributed by atoms with Gasteiger partial charge in [0.25, 0.3) is 0 Å². The molecule has 0 spiro atoms. The lowest BCUT2D eigenvalue weighted by molar-refractivity contribution is -0.305. The Morgan fingerprint density at radius 1 is 0.534 bits per heavy atom. The Hall–Kier alpha value is -2.08. The quantitative estimate of drug-likeness (QED) is 0.0268. The van der Waals surface area contributed by atoms with Crippen molar-refractivity contribution in [2.45, 2.75) is 237 Å². The highest BCUT2D eigenvalue weighted by atomic mass is 16.7. The van der Waals surface area contributed by atoms with Gasteiger partial charge >= 0.3 is 11.9 Å². The number of allylic oxidation sites excluding steroid dienone is 6. The molecular formula is C48H86O10. The highest BCUT2D eigenvalue weighted by Crippen LogP contribution is 2.23. The van der Waals surface area contributed by atoms with Gasteiger partial charge in [-0.25, -0.2) is 0 Å². The average molecular weight is 823 g/mol. The summed E-state index contributed by atoms with van der Waals surface area (Å²) in [6, 6.07) is 0. The molecule has 1 heterocycles. The van der Waals surface area contributed by atoms with E-state index in [1.165, 1.54) is 89.9 Å². The zero-order valence-corrected chi connectivity index (χ0v) is 36.8. The number of rotatable bonds is 39. The molecule has 4 N–H and O–H groups in total. The predicted octanol–water partition coefficient (Wildman–Crippen LogP) is 10.3. The standard InChI is InChI=1S/C48H86O10/c1-3-5-7-9-11-13-15-17-19-20-21-23-24-26-28-30-32-34-36-43(50)55-39-41(40-56-48-47(54)46(53)45(52)42(38-49)58-48)57-44(51)37-35-33-31-29-27-25-22-18-16-14-12-10-8-6-4-2/h12,14,18-20,22,41-42,45-49,52-54H,3-11,13,15-17,21,23-40H2,1-2H3/b14-12-,20-19-,22-18-. The lowest BCUT2D eigenvalue weighted by Gasteiger charge is -2.39. The number of aliphatic hydroxyl groups is 4. The molecular weight excluding hydrogens is 737 g/mol. The Kier molecular flexibility index (Phi) is 36.3. The summed E-state index contributed by atoms with van der Waals surface area (Å²) in [5, 5.41) is 40.1. The molecule has 1 aliphatic rings. The first-order chi connectivity index (χ1) is 28.3. The van der Waals surface area contributed by atoms with Gasteiger partial charge in [0.1, 0.15) is 31.0 Å². The van der Waals surface area contributed by atoms with Crippen molar-refractivity contribution in [1.29, 1.82) is 0 Å². The third-order valence-electron chi connectivity index (χ3n) is 10.7. The Labute approximate surface area is 353 Å². The van der Waals surface area contributed by atoms with E-state index in [-0.39, 0.29) is 32.0 Å². The van der Waals surface area contributed by atoms with Crippen molar-refractivity contribution in [2.75, 3.05) is 19.8 Å². The fraction of sp³-hybridized carbons (Fsp3) is 0.833. The van der Waals surface area contributed by atoms with Crippen molar-refractivity contribution in [3.8, 4) is 0 Å². The third-order valence-corrected chi connectivity index (χ3v) is 10.7. The molecule has 0 radical (unpaired) electrons. The molecule has 0 aromatic carbocycles. The molecule has 1 fully saturated rings. The molecule has 58 heavy (non-hydrogen) atoms. The second kappa shape index (κ2) is 39.1. The number of unbranched alkanes of at least 4 members (excludes halogenated alkanes) is 22. The van der Waals surface area contributed by atoms with Gasteiger partial charge in [-0.3, -0.25) is 9.59 Å². The minimum Gasteiger partial charge on any atom is -0.462 e. The Morgan fingerprint density at radius 2 is 0.966 bits per heavy atom. The summed E-state index contributed by atoms with van der Waals surface area (Å²) >= 11 is 0. The number of ether oxygens (including phenoxy) is 4. The summed E-state index contributed by atoms with van der Waals surface area (Å²) in [4.78, 5) is 25.4.